The highest BCUT2D eigenvalue weighted by Crippen LogP contribution is 2.47. The van der Waals surface area contributed by atoms with E-state index in [9.17, 15) is 4.55 Å². The van der Waals surface area contributed by atoms with Crippen LogP contribution in [0.15, 0.2) is 12.3 Å². The minimum atomic E-state index is -0.747. The summed E-state index contributed by atoms with van der Waals surface area (Å²) in [4.78, 5) is 9.88. The molecule has 7 heteroatoms. The van der Waals surface area contributed by atoms with Crippen molar-refractivity contribution in [2.24, 2.45) is 0 Å². The SMILES string of the molecule is CC[S@@+]([O-])C[C@H]1CCc2sc3nccc(O[C@H]4CC[C@](CC)(N5CCOCC5)CC4)c3c21. The molecule has 0 aromatic carbocycles. The predicted octanol–water partition coefficient (Wildman–Crippen LogP) is 4.90. The molecule has 2 aliphatic carbocycles. The fourth-order valence-corrected chi connectivity index (χ4v) is 8.37. The monoisotopic (exact) mass is 476 g/mol. The van der Waals surface area contributed by atoms with E-state index in [4.69, 9.17) is 9.47 Å². The van der Waals surface area contributed by atoms with Crippen molar-refractivity contribution in [1.29, 1.82) is 0 Å². The molecule has 3 aliphatic rings. The van der Waals surface area contributed by atoms with Gasteiger partial charge in [-0.2, -0.15) is 0 Å². The summed E-state index contributed by atoms with van der Waals surface area (Å²) in [5, 5.41) is 1.21. The number of fused-ring (bicyclic) bond motifs is 3. The molecule has 2 atom stereocenters. The molecule has 3 heterocycles. The first-order valence-corrected chi connectivity index (χ1v) is 14.7. The lowest BCUT2D eigenvalue weighted by Crippen LogP contribution is -2.55. The van der Waals surface area contributed by atoms with Gasteiger partial charge in [0, 0.05) is 35.6 Å². The fraction of sp³-hybridized carbons (Fsp3) is 0.720. The van der Waals surface area contributed by atoms with Gasteiger partial charge in [-0.1, -0.05) is 18.1 Å². The third-order valence-electron chi connectivity index (χ3n) is 8.00. The van der Waals surface area contributed by atoms with Crippen LogP contribution in [0.25, 0.3) is 10.2 Å². The first-order chi connectivity index (χ1) is 15.6. The van der Waals surface area contributed by atoms with Gasteiger partial charge in [-0.05, 0) is 63.5 Å². The number of aromatic nitrogens is 1. The fourth-order valence-electron chi connectivity index (χ4n) is 6.09. The van der Waals surface area contributed by atoms with Crippen molar-refractivity contribution >= 4 is 32.7 Å². The zero-order chi connectivity index (χ0) is 22.1. The number of aryl methyl sites for hydroxylation is 1. The molecule has 1 saturated carbocycles. The number of morpholine rings is 1. The Morgan fingerprint density at radius 1 is 1.25 bits per heavy atom. The highest BCUT2D eigenvalue weighted by Gasteiger charge is 2.40. The summed E-state index contributed by atoms with van der Waals surface area (Å²) < 4.78 is 24.6. The molecular formula is C25H36N2O3S2. The van der Waals surface area contributed by atoms with Crippen molar-refractivity contribution in [3.63, 3.8) is 0 Å². The molecule has 176 valence electrons. The van der Waals surface area contributed by atoms with Crippen LogP contribution in [0.2, 0.25) is 0 Å². The van der Waals surface area contributed by atoms with E-state index in [2.05, 4.69) is 22.9 Å². The van der Waals surface area contributed by atoms with Crippen LogP contribution in [0, 0.1) is 0 Å². The van der Waals surface area contributed by atoms with E-state index in [0.717, 1.165) is 74.1 Å². The number of hydrogen-bond donors (Lipinski definition) is 0. The van der Waals surface area contributed by atoms with Gasteiger partial charge < -0.3 is 14.0 Å². The Hall–Kier alpha value is -0.860. The van der Waals surface area contributed by atoms with E-state index in [1.165, 1.54) is 35.1 Å². The average molecular weight is 477 g/mol. The second-order valence-electron chi connectivity index (χ2n) is 9.55. The first kappa shape index (κ1) is 22.9. The van der Waals surface area contributed by atoms with Gasteiger partial charge in [0.2, 0.25) is 0 Å². The van der Waals surface area contributed by atoms with Crippen LogP contribution in [0.5, 0.6) is 5.75 Å². The van der Waals surface area contributed by atoms with E-state index in [-0.39, 0.29) is 6.10 Å². The number of rotatable bonds is 7. The minimum Gasteiger partial charge on any atom is -0.616 e. The predicted molar refractivity (Wildman–Crippen MR) is 133 cm³/mol. The van der Waals surface area contributed by atoms with Crippen molar-refractivity contribution in [3.8, 4) is 5.75 Å². The Morgan fingerprint density at radius 3 is 2.75 bits per heavy atom. The number of thiophene rings is 1. The number of nitrogens with zero attached hydrogens (tertiary/aromatic N) is 2. The highest BCUT2D eigenvalue weighted by molar-refractivity contribution is 7.91. The number of ether oxygens (including phenoxy) is 2. The van der Waals surface area contributed by atoms with E-state index in [1.807, 2.05) is 24.5 Å². The van der Waals surface area contributed by atoms with Crippen molar-refractivity contribution < 1.29 is 14.0 Å². The van der Waals surface area contributed by atoms with Crippen LogP contribution < -0.4 is 4.74 Å². The summed E-state index contributed by atoms with van der Waals surface area (Å²) in [5.41, 5.74) is 1.71. The molecule has 2 aromatic heterocycles. The molecule has 1 aliphatic heterocycles. The zero-order valence-electron chi connectivity index (χ0n) is 19.4. The maximum absolute atomic E-state index is 12.3. The zero-order valence-corrected chi connectivity index (χ0v) is 21.1. The Kier molecular flexibility index (Phi) is 7.01. The van der Waals surface area contributed by atoms with Crippen LogP contribution in [0.1, 0.15) is 68.7 Å². The van der Waals surface area contributed by atoms with Crippen LogP contribution in [0.4, 0.5) is 0 Å². The molecule has 2 aromatic rings. The van der Waals surface area contributed by atoms with Crippen LogP contribution in [-0.2, 0) is 22.3 Å². The van der Waals surface area contributed by atoms with E-state index >= 15 is 0 Å². The standard InChI is InChI=1S/C25H36N2O3S2/c1-3-25(27-13-15-29-16-14-27)10-7-19(8-11-25)30-20-9-12-26-24-23(20)22-18(17-32(28)4-2)5-6-21(22)31-24/h9,12,18-19H,3-8,10-11,13-17H2,1-2H3/t18-,19-,25-,32-/m1/s1. The van der Waals surface area contributed by atoms with Gasteiger partial charge in [-0.3, -0.25) is 4.90 Å². The maximum Gasteiger partial charge on any atom is 0.131 e. The normalized spacial score (nSPS) is 29.8. The second kappa shape index (κ2) is 9.79. The summed E-state index contributed by atoms with van der Waals surface area (Å²) in [6, 6.07) is 2.06. The Labute approximate surface area is 199 Å². The van der Waals surface area contributed by atoms with Crippen LogP contribution in [-0.4, -0.2) is 63.9 Å². The molecule has 5 rings (SSSR count). The highest BCUT2D eigenvalue weighted by atomic mass is 32.2. The molecule has 2 fully saturated rings. The average Bonchev–Trinajstić information content (AvgIpc) is 3.40. The smallest absolute Gasteiger partial charge is 0.131 e. The summed E-state index contributed by atoms with van der Waals surface area (Å²) >= 11 is 1.07. The third kappa shape index (κ3) is 4.31. The van der Waals surface area contributed by atoms with Gasteiger partial charge in [-0.15, -0.1) is 11.3 Å². The van der Waals surface area contributed by atoms with E-state index < -0.39 is 11.2 Å². The first-order valence-electron chi connectivity index (χ1n) is 12.4. The quantitative estimate of drug-likeness (QED) is 0.532. The number of pyridine rings is 1. The van der Waals surface area contributed by atoms with Gasteiger partial charge in [0.25, 0.3) is 0 Å². The summed E-state index contributed by atoms with van der Waals surface area (Å²) in [5.74, 6) is 2.89. The molecule has 0 radical (unpaired) electrons. The molecule has 1 saturated heterocycles. The summed E-state index contributed by atoms with van der Waals surface area (Å²) in [7, 11) is 0. The Morgan fingerprint density at radius 2 is 2.03 bits per heavy atom. The van der Waals surface area contributed by atoms with Crippen molar-refractivity contribution in [1.82, 2.24) is 9.88 Å². The van der Waals surface area contributed by atoms with Gasteiger partial charge in [0.05, 0.1) is 24.7 Å². The van der Waals surface area contributed by atoms with E-state index in [0.29, 0.717) is 11.5 Å². The van der Waals surface area contributed by atoms with Gasteiger partial charge in [-0.25, -0.2) is 4.98 Å². The van der Waals surface area contributed by atoms with Crippen LogP contribution in [0.3, 0.4) is 0 Å². The molecule has 0 N–H and O–H groups in total. The molecule has 0 spiro atoms. The van der Waals surface area contributed by atoms with Gasteiger partial charge in [0.1, 0.15) is 22.1 Å². The topological polar surface area (TPSA) is 57.7 Å². The maximum atomic E-state index is 12.3. The lowest BCUT2D eigenvalue weighted by molar-refractivity contribution is -0.0510. The lowest BCUT2D eigenvalue weighted by atomic mass is 9.77. The molecule has 0 unspecified atom stereocenters. The van der Waals surface area contributed by atoms with Crippen molar-refractivity contribution in [2.45, 2.75) is 76.4 Å². The molecule has 32 heavy (non-hydrogen) atoms. The van der Waals surface area contributed by atoms with Crippen molar-refractivity contribution in [2.75, 3.05) is 37.8 Å². The van der Waals surface area contributed by atoms with Gasteiger partial charge in [0.15, 0.2) is 0 Å². The van der Waals surface area contributed by atoms with Crippen LogP contribution >= 0.6 is 11.3 Å². The van der Waals surface area contributed by atoms with Gasteiger partial charge >= 0.3 is 0 Å². The van der Waals surface area contributed by atoms with E-state index in [1.54, 1.807) is 0 Å². The summed E-state index contributed by atoms with van der Waals surface area (Å²) in [6.45, 7) is 8.22. The molecule has 0 bridgehead atoms. The Balaban J connectivity index is 1.33. The Bertz CT molecular complexity index is 919. The third-order valence-corrected chi connectivity index (χ3v) is 10.6. The molecule has 0 amide bonds. The summed E-state index contributed by atoms with van der Waals surface area (Å²) in [6.07, 6.45) is 10.2. The number of hydrogen-bond acceptors (Lipinski definition) is 6. The second-order valence-corrected chi connectivity index (χ2v) is 12.4. The van der Waals surface area contributed by atoms with Crippen molar-refractivity contribution in [3.05, 3.63) is 22.7 Å². The molecular weight excluding hydrogens is 440 g/mol. The largest absolute Gasteiger partial charge is 0.616 e. The molecule has 5 nitrogen and oxygen atoms in total. The minimum absolute atomic E-state index is 0.265. The lowest BCUT2D eigenvalue weighted by Gasteiger charge is -2.49.